The summed E-state index contributed by atoms with van der Waals surface area (Å²) in [5.74, 6) is -1.28. The third-order valence-electron chi connectivity index (χ3n) is 5.65. The van der Waals surface area contributed by atoms with Gasteiger partial charge in [-0.1, -0.05) is 53.6 Å². The minimum atomic E-state index is -0.889. The first-order valence-corrected chi connectivity index (χ1v) is 11.7. The van der Waals surface area contributed by atoms with Crippen LogP contribution in [0.25, 0.3) is 11.3 Å². The molecule has 1 amide bonds. The Balaban J connectivity index is 1.61. The molecule has 34 heavy (non-hydrogen) atoms. The predicted molar refractivity (Wildman–Crippen MR) is 131 cm³/mol. The molecule has 1 N–H and O–H groups in total. The molecule has 0 fully saturated rings. The number of Topliss-reactive ketones (excluding diaryl/α,β-unsaturated/α-hetero) is 1. The molecule has 2 aromatic heterocycles. The number of hydrogen-bond donors (Lipinski definition) is 1. The van der Waals surface area contributed by atoms with E-state index in [9.17, 15) is 14.7 Å². The van der Waals surface area contributed by atoms with Crippen molar-refractivity contribution in [3.05, 3.63) is 105 Å². The molecule has 4 aromatic rings. The Morgan fingerprint density at radius 2 is 1.76 bits per heavy atom. The molecule has 0 saturated carbocycles. The molecule has 3 heterocycles. The Morgan fingerprint density at radius 1 is 1.06 bits per heavy atom. The van der Waals surface area contributed by atoms with Gasteiger partial charge < -0.3 is 9.52 Å². The van der Waals surface area contributed by atoms with E-state index in [0.717, 1.165) is 11.1 Å². The molecule has 2 aromatic carbocycles. The minimum Gasteiger partial charge on any atom is -0.503 e. The number of anilines is 1. The lowest BCUT2D eigenvalue weighted by molar-refractivity contribution is -0.117. The number of aliphatic hydroxyl groups is 1. The number of hydrogen-bond acceptors (Lipinski definition) is 6. The van der Waals surface area contributed by atoms with Crippen LogP contribution in [0.1, 0.15) is 33.5 Å². The van der Waals surface area contributed by atoms with Crippen molar-refractivity contribution in [1.82, 2.24) is 4.98 Å². The van der Waals surface area contributed by atoms with Gasteiger partial charge in [0.05, 0.1) is 17.3 Å². The Labute approximate surface area is 204 Å². The van der Waals surface area contributed by atoms with Gasteiger partial charge in [-0.15, -0.1) is 11.3 Å². The highest BCUT2D eigenvalue weighted by Gasteiger charge is 2.46. The van der Waals surface area contributed by atoms with Gasteiger partial charge in [0.25, 0.3) is 5.91 Å². The number of aliphatic hydroxyl groups excluding tert-OH is 1. The summed E-state index contributed by atoms with van der Waals surface area (Å²) in [5.41, 5.74) is 3.28. The van der Waals surface area contributed by atoms with Gasteiger partial charge in [-0.3, -0.25) is 14.5 Å². The van der Waals surface area contributed by atoms with E-state index in [1.165, 1.54) is 22.3 Å². The van der Waals surface area contributed by atoms with E-state index in [1.807, 2.05) is 36.6 Å². The molecule has 0 bridgehead atoms. The molecule has 1 aliphatic rings. The number of rotatable bonds is 5. The third kappa shape index (κ3) is 3.83. The van der Waals surface area contributed by atoms with Gasteiger partial charge in [0.1, 0.15) is 5.76 Å². The molecule has 5 rings (SSSR count). The molecule has 170 valence electrons. The van der Waals surface area contributed by atoms with Crippen LogP contribution in [0.2, 0.25) is 5.02 Å². The molecule has 0 radical (unpaired) electrons. The average Bonchev–Trinajstić information content (AvgIpc) is 3.54. The number of halogens is 1. The lowest BCUT2D eigenvalue weighted by Crippen LogP contribution is -2.31. The van der Waals surface area contributed by atoms with Crippen LogP contribution < -0.4 is 4.90 Å². The Morgan fingerprint density at radius 3 is 2.41 bits per heavy atom. The molecule has 6 nitrogen and oxygen atoms in total. The van der Waals surface area contributed by atoms with Crippen LogP contribution in [0.15, 0.2) is 81.8 Å². The van der Waals surface area contributed by atoms with Crippen molar-refractivity contribution in [3.63, 3.8) is 0 Å². The number of aryl methyl sites for hydroxylation is 2. The Hall–Kier alpha value is -3.68. The summed E-state index contributed by atoms with van der Waals surface area (Å²) in [6.07, 6.45) is 0. The Bertz CT molecular complexity index is 1430. The molecular weight excluding hydrogens is 472 g/mol. The van der Waals surface area contributed by atoms with E-state index in [4.69, 9.17) is 16.0 Å². The van der Waals surface area contributed by atoms with Crippen LogP contribution in [-0.4, -0.2) is 21.8 Å². The van der Waals surface area contributed by atoms with Crippen molar-refractivity contribution in [2.45, 2.75) is 19.9 Å². The second kappa shape index (κ2) is 8.59. The maximum absolute atomic E-state index is 13.4. The van der Waals surface area contributed by atoms with Crippen molar-refractivity contribution in [2.24, 2.45) is 0 Å². The first-order chi connectivity index (χ1) is 16.3. The van der Waals surface area contributed by atoms with Crippen LogP contribution in [0, 0.1) is 13.8 Å². The first-order valence-electron chi connectivity index (χ1n) is 10.5. The fourth-order valence-electron chi connectivity index (χ4n) is 3.92. The van der Waals surface area contributed by atoms with E-state index in [1.54, 1.807) is 37.3 Å². The predicted octanol–water partition coefficient (Wildman–Crippen LogP) is 6.46. The van der Waals surface area contributed by atoms with Gasteiger partial charge in [-0.25, -0.2) is 4.98 Å². The average molecular weight is 491 g/mol. The maximum atomic E-state index is 13.4. The highest BCUT2D eigenvalue weighted by atomic mass is 35.5. The van der Waals surface area contributed by atoms with Crippen LogP contribution in [-0.2, 0) is 4.79 Å². The smallest absolute Gasteiger partial charge is 0.296 e. The fraction of sp³-hybridized carbons (Fsp3) is 0.115. The molecule has 1 unspecified atom stereocenters. The van der Waals surface area contributed by atoms with E-state index >= 15 is 0 Å². The van der Waals surface area contributed by atoms with Crippen molar-refractivity contribution in [1.29, 1.82) is 0 Å². The fourth-order valence-corrected chi connectivity index (χ4v) is 4.90. The number of carbonyl (C=O) groups excluding carboxylic acids is 2. The number of nitrogens with zero attached hydrogens (tertiary/aromatic N) is 2. The molecule has 1 aliphatic heterocycles. The second-order valence-electron chi connectivity index (χ2n) is 8.01. The number of furan rings is 1. The number of thiazole rings is 1. The zero-order chi connectivity index (χ0) is 24.0. The minimum absolute atomic E-state index is 0.0483. The van der Waals surface area contributed by atoms with Gasteiger partial charge >= 0.3 is 0 Å². The summed E-state index contributed by atoms with van der Waals surface area (Å²) in [7, 11) is 0. The third-order valence-corrected chi connectivity index (χ3v) is 6.74. The quantitative estimate of drug-likeness (QED) is 0.325. The van der Waals surface area contributed by atoms with Crippen LogP contribution in [0.5, 0.6) is 0 Å². The highest BCUT2D eigenvalue weighted by molar-refractivity contribution is 7.14. The first kappa shape index (κ1) is 22.1. The summed E-state index contributed by atoms with van der Waals surface area (Å²) in [4.78, 5) is 32.7. The van der Waals surface area contributed by atoms with E-state index in [0.29, 0.717) is 27.2 Å². The maximum Gasteiger partial charge on any atom is 0.296 e. The molecule has 1 atom stereocenters. The number of aromatic nitrogens is 1. The van der Waals surface area contributed by atoms with Gasteiger partial charge in [0, 0.05) is 16.0 Å². The summed E-state index contributed by atoms with van der Waals surface area (Å²) in [6, 6.07) is 17.0. The van der Waals surface area contributed by atoms with E-state index in [-0.39, 0.29) is 11.3 Å². The zero-order valence-electron chi connectivity index (χ0n) is 18.3. The van der Waals surface area contributed by atoms with Crippen LogP contribution in [0.4, 0.5) is 5.13 Å². The van der Waals surface area contributed by atoms with E-state index < -0.39 is 23.5 Å². The SMILES string of the molecule is Cc1ccc(-c2csc(N3C(=O)C(O)=C(C(=O)c4ccc(C)o4)C3c3ccc(Cl)cc3)n2)cc1. The van der Waals surface area contributed by atoms with E-state index in [2.05, 4.69) is 4.98 Å². The lowest BCUT2D eigenvalue weighted by atomic mass is 9.95. The zero-order valence-corrected chi connectivity index (χ0v) is 19.9. The molecule has 0 spiro atoms. The van der Waals surface area contributed by atoms with Crippen molar-refractivity contribution in [2.75, 3.05) is 4.90 Å². The number of amides is 1. The number of carbonyl (C=O) groups is 2. The van der Waals surface area contributed by atoms with Crippen molar-refractivity contribution < 1.29 is 19.1 Å². The molecular formula is C26H19ClN2O4S. The van der Waals surface area contributed by atoms with Gasteiger partial charge in [0.15, 0.2) is 16.7 Å². The molecule has 8 heteroatoms. The molecule has 0 aliphatic carbocycles. The summed E-state index contributed by atoms with van der Waals surface area (Å²) < 4.78 is 5.50. The second-order valence-corrected chi connectivity index (χ2v) is 9.29. The summed E-state index contributed by atoms with van der Waals surface area (Å²) in [6.45, 7) is 3.72. The van der Waals surface area contributed by atoms with Crippen molar-refractivity contribution in [3.8, 4) is 11.3 Å². The van der Waals surface area contributed by atoms with Crippen molar-refractivity contribution >= 4 is 39.8 Å². The number of ketones is 1. The van der Waals surface area contributed by atoms with Gasteiger partial charge in [0.2, 0.25) is 5.78 Å². The number of benzene rings is 2. The normalized spacial score (nSPS) is 15.9. The topological polar surface area (TPSA) is 83.6 Å². The summed E-state index contributed by atoms with van der Waals surface area (Å²) >= 11 is 7.34. The van der Waals surface area contributed by atoms with Crippen LogP contribution in [0.3, 0.4) is 0 Å². The lowest BCUT2D eigenvalue weighted by Gasteiger charge is -2.24. The monoisotopic (exact) mass is 490 g/mol. The Kier molecular flexibility index (Phi) is 5.59. The standard InChI is InChI=1S/C26H19ClN2O4S/c1-14-3-6-16(7-4-14)19-13-34-26(28-19)29-22(17-8-10-18(27)11-9-17)21(24(31)25(29)32)23(30)20-12-5-15(2)33-20/h3-13,22,31H,1-2H3. The van der Waals surface area contributed by atoms with Crippen LogP contribution >= 0.6 is 22.9 Å². The molecule has 0 saturated heterocycles. The van der Waals surface area contributed by atoms with Gasteiger partial charge in [-0.2, -0.15) is 0 Å². The summed E-state index contributed by atoms with van der Waals surface area (Å²) in [5, 5.41) is 13.6. The largest absolute Gasteiger partial charge is 0.503 e. The van der Waals surface area contributed by atoms with Gasteiger partial charge in [-0.05, 0) is 43.7 Å². The highest BCUT2D eigenvalue weighted by Crippen LogP contribution is 2.44.